The van der Waals surface area contributed by atoms with Crippen LogP contribution in [-0.4, -0.2) is 47.8 Å². The molecular weight excluding hydrogens is 412 g/mol. The summed E-state index contributed by atoms with van der Waals surface area (Å²) in [7, 11) is 0. The summed E-state index contributed by atoms with van der Waals surface area (Å²) in [6.45, 7) is 6.00. The van der Waals surface area contributed by atoms with Crippen molar-refractivity contribution in [2.75, 3.05) is 13.2 Å². The number of esters is 1. The molecule has 0 saturated carbocycles. The number of imide groups is 1. The van der Waals surface area contributed by atoms with Gasteiger partial charge in [0.25, 0.3) is 17.7 Å². The number of ether oxygens (including phenoxy) is 2. The second kappa shape index (κ2) is 10.1. The van der Waals surface area contributed by atoms with Gasteiger partial charge < -0.3 is 14.8 Å². The Hall–Kier alpha value is -3.68. The lowest BCUT2D eigenvalue weighted by molar-refractivity contribution is -0.129. The lowest BCUT2D eigenvalue weighted by Gasteiger charge is -2.17. The molecule has 1 N–H and O–H groups in total. The Morgan fingerprint density at radius 2 is 1.69 bits per heavy atom. The third-order valence-electron chi connectivity index (χ3n) is 4.98. The topological polar surface area (TPSA) is 102 Å². The zero-order chi connectivity index (χ0) is 23.3. The van der Waals surface area contributed by atoms with Crippen LogP contribution in [0, 0.1) is 0 Å². The van der Waals surface area contributed by atoms with Gasteiger partial charge in [-0.3, -0.25) is 19.3 Å². The third kappa shape index (κ3) is 4.80. The minimum atomic E-state index is -0.983. The molecule has 8 nitrogen and oxygen atoms in total. The van der Waals surface area contributed by atoms with E-state index in [2.05, 4.69) is 5.32 Å². The first-order valence-electron chi connectivity index (χ1n) is 10.6. The van der Waals surface area contributed by atoms with Crippen LogP contribution in [0.1, 0.15) is 63.8 Å². The standard InChI is InChI=1S/C24H26N2O6/c1-4-12-25-21(27)15(3)32-24(30)19-13-16(10-11-20(19)31-5-2)14-26-22(28)17-8-6-7-9-18(17)23(26)29/h6-11,13,15H,4-5,12,14H2,1-3H3,(H,25,27). The van der Waals surface area contributed by atoms with Crippen LogP contribution in [0.4, 0.5) is 0 Å². The van der Waals surface area contributed by atoms with Crippen LogP contribution >= 0.6 is 0 Å². The maximum absolute atomic E-state index is 12.8. The summed E-state index contributed by atoms with van der Waals surface area (Å²) in [5.41, 5.74) is 1.39. The lowest BCUT2D eigenvalue weighted by atomic mass is 10.1. The molecule has 0 aliphatic carbocycles. The number of carbonyl (C=O) groups excluding carboxylic acids is 4. The summed E-state index contributed by atoms with van der Waals surface area (Å²) < 4.78 is 10.9. The first-order valence-corrected chi connectivity index (χ1v) is 10.6. The fourth-order valence-corrected chi connectivity index (χ4v) is 3.35. The SMILES string of the molecule is CCCNC(=O)C(C)OC(=O)c1cc(CN2C(=O)c3ccccc3C2=O)ccc1OCC. The van der Waals surface area contributed by atoms with Gasteiger partial charge in [-0.2, -0.15) is 0 Å². The van der Waals surface area contributed by atoms with Crippen molar-refractivity contribution < 1.29 is 28.7 Å². The molecule has 0 aromatic heterocycles. The molecule has 0 fully saturated rings. The van der Waals surface area contributed by atoms with Crippen molar-refractivity contribution in [1.82, 2.24) is 10.2 Å². The molecule has 1 heterocycles. The van der Waals surface area contributed by atoms with Crippen LogP contribution in [0.2, 0.25) is 0 Å². The largest absolute Gasteiger partial charge is 0.493 e. The number of benzene rings is 2. The molecule has 1 unspecified atom stereocenters. The number of rotatable bonds is 9. The van der Waals surface area contributed by atoms with Gasteiger partial charge in [0.2, 0.25) is 0 Å². The van der Waals surface area contributed by atoms with E-state index in [-0.39, 0.29) is 29.8 Å². The highest BCUT2D eigenvalue weighted by molar-refractivity contribution is 6.21. The Labute approximate surface area is 186 Å². The van der Waals surface area contributed by atoms with E-state index < -0.39 is 12.1 Å². The van der Waals surface area contributed by atoms with Gasteiger partial charge in [0.1, 0.15) is 11.3 Å². The Kier molecular flexibility index (Phi) is 7.25. The zero-order valence-corrected chi connectivity index (χ0v) is 18.3. The summed E-state index contributed by atoms with van der Waals surface area (Å²) >= 11 is 0. The van der Waals surface area contributed by atoms with Gasteiger partial charge in [0, 0.05) is 6.54 Å². The zero-order valence-electron chi connectivity index (χ0n) is 18.3. The van der Waals surface area contributed by atoms with Gasteiger partial charge in [-0.25, -0.2) is 4.79 Å². The molecule has 32 heavy (non-hydrogen) atoms. The van der Waals surface area contributed by atoms with Crippen molar-refractivity contribution in [2.45, 2.75) is 39.8 Å². The molecule has 168 valence electrons. The predicted molar refractivity (Wildman–Crippen MR) is 116 cm³/mol. The summed E-state index contributed by atoms with van der Waals surface area (Å²) in [5.74, 6) is -1.59. The van der Waals surface area contributed by atoms with E-state index in [0.29, 0.717) is 35.6 Å². The van der Waals surface area contributed by atoms with Crippen molar-refractivity contribution in [3.63, 3.8) is 0 Å². The summed E-state index contributed by atoms with van der Waals surface area (Å²) in [6.07, 6.45) is -0.218. The third-order valence-corrected chi connectivity index (χ3v) is 4.98. The molecule has 0 radical (unpaired) electrons. The van der Waals surface area contributed by atoms with Crippen LogP contribution in [-0.2, 0) is 16.1 Å². The summed E-state index contributed by atoms with van der Waals surface area (Å²) in [6, 6.07) is 11.4. The summed E-state index contributed by atoms with van der Waals surface area (Å²) in [4.78, 5) is 51.3. The van der Waals surface area contributed by atoms with Gasteiger partial charge in [0.05, 0.1) is 24.3 Å². The molecule has 3 amide bonds. The average molecular weight is 438 g/mol. The summed E-state index contributed by atoms with van der Waals surface area (Å²) in [5, 5.41) is 2.68. The highest BCUT2D eigenvalue weighted by Gasteiger charge is 2.35. The minimum absolute atomic E-state index is 0.00836. The molecule has 0 spiro atoms. The number of nitrogens with one attached hydrogen (secondary N) is 1. The molecular formula is C24H26N2O6. The number of carbonyl (C=O) groups is 4. The van der Waals surface area contributed by atoms with Crippen LogP contribution in [0.15, 0.2) is 42.5 Å². The molecule has 1 aliphatic heterocycles. The minimum Gasteiger partial charge on any atom is -0.493 e. The molecule has 8 heteroatoms. The van der Waals surface area contributed by atoms with E-state index in [1.54, 1.807) is 43.3 Å². The fraction of sp³-hybridized carbons (Fsp3) is 0.333. The number of hydrogen-bond donors (Lipinski definition) is 1. The van der Waals surface area contributed by atoms with Crippen molar-refractivity contribution in [1.29, 1.82) is 0 Å². The molecule has 2 aromatic carbocycles. The Morgan fingerprint density at radius 3 is 2.28 bits per heavy atom. The lowest BCUT2D eigenvalue weighted by Crippen LogP contribution is -2.36. The van der Waals surface area contributed by atoms with E-state index in [4.69, 9.17) is 9.47 Å². The van der Waals surface area contributed by atoms with E-state index in [1.807, 2.05) is 6.92 Å². The Morgan fingerprint density at radius 1 is 1.03 bits per heavy atom. The predicted octanol–water partition coefficient (Wildman–Crippen LogP) is 2.95. The average Bonchev–Trinajstić information content (AvgIpc) is 3.03. The number of amides is 3. The second-order valence-corrected chi connectivity index (χ2v) is 7.34. The highest BCUT2D eigenvalue weighted by Crippen LogP contribution is 2.27. The molecule has 1 aliphatic rings. The van der Waals surface area contributed by atoms with E-state index in [1.165, 1.54) is 13.0 Å². The molecule has 2 aromatic rings. The van der Waals surface area contributed by atoms with E-state index >= 15 is 0 Å². The van der Waals surface area contributed by atoms with Crippen LogP contribution in [0.3, 0.4) is 0 Å². The van der Waals surface area contributed by atoms with Crippen LogP contribution in [0.25, 0.3) is 0 Å². The van der Waals surface area contributed by atoms with Gasteiger partial charge in [0.15, 0.2) is 6.10 Å². The maximum Gasteiger partial charge on any atom is 0.342 e. The molecule has 1 atom stereocenters. The number of nitrogens with zero attached hydrogens (tertiary/aromatic N) is 1. The number of fused-ring (bicyclic) bond motifs is 1. The first kappa shape index (κ1) is 23.0. The maximum atomic E-state index is 12.8. The second-order valence-electron chi connectivity index (χ2n) is 7.34. The van der Waals surface area contributed by atoms with Crippen molar-refractivity contribution >= 4 is 23.7 Å². The van der Waals surface area contributed by atoms with E-state index in [9.17, 15) is 19.2 Å². The first-order chi connectivity index (χ1) is 15.4. The fourth-order valence-electron chi connectivity index (χ4n) is 3.35. The Bertz CT molecular complexity index is 1010. The van der Waals surface area contributed by atoms with Gasteiger partial charge in [-0.05, 0) is 50.1 Å². The van der Waals surface area contributed by atoms with Crippen molar-refractivity contribution in [3.8, 4) is 5.75 Å². The molecule has 0 bridgehead atoms. The van der Waals surface area contributed by atoms with Gasteiger partial charge in [-0.15, -0.1) is 0 Å². The highest BCUT2D eigenvalue weighted by atomic mass is 16.5. The smallest absolute Gasteiger partial charge is 0.342 e. The van der Waals surface area contributed by atoms with Crippen LogP contribution in [0.5, 0.6) is 5.75 Å². The Balaban J connectivity index is 1.80. The number of hydrogen-bond acceptors (Lipinski definition) is 6. The van der Waals surface area contributed by atoms with E-state index in [0.717, 1.165) is 11.3 Å². The van der Waals surface area contributed by atoms with Gasteiger partial charge >= 0.3 is 5.97 Å². The van der Waals surface area contributed by atoms with Crippen molar-refractivity contribution in [2.24, 2.45) is 0 Å². The van der Waals surface area contributed by atoms with Gasteiger partial charge in [-0.1, -0.05) is 25.1 Å². The molecule has 0 saturated heterocycles. The van der Waals surface area contributed by atoms with Crippen molar-refractivity contribution in [3.05, 3.63) is 64.7 Å². The normalized spacial score (nSPS) is 13.5. The monoisotopic (exact) mass is 438 g/mol. The quantitative estimate of drug-likeness (QED) is 0.477. The molecule has 3 rings (SSSR count). The van der Waals surface area contributed by atoms with Crippen LogP contribution < -0.4 is 10.1 Å².